The molecule has 0 bridgehead atoms. The number of ether oxygens (including phenoxy) is 2. The maximum atomic E-state index is 11.9. The molecule has 1 aromatic carbocycles. The molecule has 4 N–H and O–H groups in total. The monoisotopic (exact) mass is 323 g/mol. The summed E-state index contributed by atoms with van der Waals surface area (Å²) in [4.78, 5) is 23.2. The minimum Gasteiger partial charge on any atom is -0.493 e. The van der Waals surface area contributed by atoms with Gasteiger partial charge < -0.3 is 25.8 Å². The largest absolute Gasteiger partial charge is 0.493 e. The molecule has 23 heavy (non-hydrogen) atoms. The average molecular weight is 323 g/mol. The van der Waals surface area contributed by atoms with Crippen molar-refractivity contribution in [1.29, 1.82) is 0 Å². The molecule has 1 atom stereocenters. The van der Waals surface area contributed by atoms with E-state index in [1.54, 1.807) is 19.2 Å². The van der Waals surface area contributed by atoms with Crippen LogP contribution in [0.3, 0.4) is 0 Å². The van der Waals surface area contributed by atoms with Gasteiger partial charge in [0.2, 0.25) is 5.91 Å². The number of hydrogen-bond acceptors (Lipinski definition) is 4. The fourth-order valence-corrected chi connectivity index (χ4v) is 2.04. The van der Waals surface area contributed by atoms with Crippen LogP contribution in [-0.4, -0.2) is 31.7 Å². The first kappa shape index (κ1) is 18.6. The molecule has 3 amide bonds. The number of benzene rings is 1. The Bertz CT molecular complexity index is 546. The van der Waals surface area contributed by atoms with Gasteiger partial charge in [-0.15, -0.1) is 0 Å². The van der Waals surface area contributed by atoms with Crippen molar-refractivity contribution in [2.45, 2.75) is 33.4 Å². The van der Waals surface area contributed by atoms with E-state index in [4.69, 9.17) is 15.2 Å². The van der Waals surface area contributed by atoms with Crippen molar-refractivity contribution in [2.75, 3.05) is 13.7 Å². The standard InChI is InChI=1S/C16H25N3O4/c1-5-23-13-8-11(6-7-12(13)22-4)9-18-16(21)19-14(10(2)3)15(17)20/h6-8,10,14H,5,9H2,1-4H3,(H2,17,20)(H2,18,19,21)/t14-/m0/s1. The zero-order chi connectivity index (χ0) is 17.4. The second-order valence-corrected chi connectivity index (χ2v) is 5.37. The van der Waals surface area contributed by atoms with Crippen molar-refractivity contribution < 1.29 is 19.1 Å². The minimum atomic E-state index is -0.704. The highest BCUT2D eigenvalue weighted by Crippen LogP contribution is 2.27. The number of amides is 3. The summed E-state index contributed by atoms with van der Waals surface area (Å²) < 4.78 is 10.7. The van der Waals surface area contributed by atoms with Crippen LogP contribution >= 0.6 is 0 Å². The maximum Gasteiger partial charge on any atom is 0.315 e. The molecule has 0 aliphatic carbocycles. The highest BCUT2D eigenvalue weighted by Gasteiger charge is 2.21. The third-order valence-electron chi connectivity index (χ3n) is 3.24. The molecule has 0 aliphatic rings. The van der Waals surface area contributed by atoms with Gasteiger partial charge in [0, 0.05) is 6.54 Å². The van der Waals surface area contributed by atoms with Gasteiger partial charge in [-0.1, -0.05) is 19.9 Å². The number of primary amides is 1. The predicted molar refractivity (Wildman–Crippen MR) is 87.4 cm³/mol. The SMILES string of the molecule is CCOc1cc(CNC(=O)N[C@H](C(N)=O)C(C)C)ccc1OC. The lowest BCUT2D eigenvalue weighted by atomic mass is 10.0. The minimum absolute atomic E-state index is 0.0798. The van der Waals surface area contributed by atoms with E-state index >= 15 is 0 Å². The molecule has 0 saturated heterocycles. The van der Waals surface area contributed by atoms with E-state index in [1.807, 2.05) is 26.8 Å². The molecule has 0 heterocycles. The van der Waals surface area contributed by atoms with Crippen molar-refractivity contribution in [3.63, 3.8) is 0 Å². The van der Waals surface area contributed by atoms with Crippen LogP contribution in [0.4, 0.5) is 4.79 Å². The second-order valence-electron chi connectivity index (χ2n) is 5.37. The van der Waals surface area contributed by atoms with Crippen LogP contribution in [0, 0.1) is 5.92 Å². The highest BCUT2D eigenvalue weighted by molar-refractivity contribution is 5.86. The van der Waals surface area contributed by atoms with Crippen LogP contribution in [0.1, 0.15) is 26.3 Å². The molecule has 0 aliphatic heterocycles. The lowest BCUT2D eigenvalue weighted by molar-refractivity contribution is -0.120. The Morgan fingerprint density at radius 1 is 1.26 bits per heavy atom. The molecule has 0 aromatic heterocycles. The maximum absolute atomic E-state index is 11.9. The number of nitrogens with two attached hydrogens (primary N) is 1. The Balaban J connectivity index is 2.65. The lowest BCUT2D eigenvalue weighted by Crippen LogP contribution is -2.50. The van der Waals surface area contributed by atoms with Gasteiger partial charge in [-0.05, 0) is 30.5 Å². The molecule has 0 unspecified atom stereocenters. The first-order chi connectivity index (χ1) is 10.9. The first-order valence-corrected chi connectivity index (χ1v) is 7.52. The van der Waals surface area contributed by atoms with Crippen molar-refractivity contribution in [1.82, 2.24) is 10.6 Å². The summed E-state index contributed by atoms with van der Waals surface area (Å²) in [6, 6.07) is 4.26. The number of carbonyl (C=O) groups excluding carboxylic acids is 2. The fourth-order valence-electron chi connectivity index (χ4n) is 2.04. The number of urea groups is 1. The topological polar surface area (TPSA) is 103 Å². The van der Waals surface area contributed by atoms with Crippen LogP contribution in [-0.2, 0) is 11.3 Å². The van der Waals surface area contributed by atoms with E-state index in [-0.39, 0.29) is 5.92 Å². The van der Waals surface area contributed by atoms with Gasteiger partial charge in [0.15, 0.2) is 11.5 Å². The molecule has 1 rings (SSSR count). The summed E-state index contributed by atoms with van der Waals surface area (Å²) in [7, 11) is 1.57. The van der Waals surface area contributed by atoms with E-state index in [0.717, 1.165) is 5.56 Å². The van der Waals surface area contributed by atoms with Gasteiger partial charge in [0.05, 0.1) is 13.7 Å². The zero-order valence-corrected chi connectivity index (χ0v) is 14.0. The smallest absolute Gasteiger partial charge is 0.315 e. The van der Waals surface area contributed by atoms with E-state index in [0.29, 0.717) is 24.7 Å². The first-order valence-electron chi connectivity index (χ1n) is 7.52. The number of methoxy groups -OCH3 is 1. The highest BCUT2D eigenvalue weighted by atomic mass is 16.5. The lowest BCUT2D eigenvalue weighted by Gasteiger charge is -2.19. The van der Waals surface area contributed by atoms with Gasteiger partial charge in [0.25, 0.3) is 0 Å². The molecule has 1 aromatic rings. The summed E-state index contributed by atoms with van der Waals surface area (Å²) in [6.45, 7) is 6.32. The molecule has 7 heteroatoms. The molecular weight excluding hydrogens is 298 g/mol. The molecular formula is C16H25N3O4. The van der Waals surface area contributed by atoms with Crippen LogP contribution in [0.15, 0.2) is 18.2 Å². The second kappa shape index (κ2) is 8.87. The Labute approximate surface area is 136 Å². The number of hydrogen-bond donors (Lipinski definition) is 3. The van der Waals surface area contributed by atoms with E-state index in [1.165, 1.54) is 0 Å². The number of rotatable bonds is 8. The molecule has 0 radical (unpaired) electrons. The van der Waals surface area contributed by atoms with Crippen molar-refractivity contribution >= 4 is 11.9 Å². The van der Waals surface area contributed by atoms with E-state index in [9.17, 15) is 9.59 Å². The van der Waals surface area contributed by atoms with Crippen LogP contribution in [0.5, 0.6) is 11.5 Å². The Morgan fingerprint density at radius 3 is 2.48 bits per heavy atom. The summed E-state index contributed by atoms with van der Waals surface area (Å²) in [6.07, 6.45) is 0. The summed E-state index contributed by atoms with van der Waals surface area (Å²) in [5.41, 5.74) is 6.12. The summed E-state index contributed by atoms with van der Waals surface area (Å²) in [5.74, 6) is 0.613. The van der Waals surface area contributed by atoms with Gasteiger partial charge in [0.1, 0.15) is 6.04 Å². The van der Waals surface area contributed by atoms with Crippen molar-refractivity contribution in [3.05, 3.63) is 23.8 Å². The predicted octanol–water partition coefficient (Wildman–Crippen LogP) is 1.40. The van der Waals surface area contributed by atoms with E-state index < -0.39 is 18.0 Å². The van der Waals surface area contributed by atoms with Gasteiger partial charge in [-0.3, -0.25) is 4.79 Å². The molecule has 128 valence electrons. The van der Waals surface area contributed by atoms with Crippen molar-refractivity contribution in [3.8, 4) is 11.5 Å². The quantitative estimate of drug-likeness (QED) is 0.673. The molecule has 7 nitrogen and oxygen atoms in total. The molecule has 0 spiro atoms. The van der Waals surface area contributed by atoms with Gasteiger partial charge in [-0.2, -0.15) is 0 Å². The van der Waals surface area contributed by atoms with E-state index in [2.05, 4.69) is 10.6 Å². The third kappa shape index (κ3) is 5.69. The summed E-state index contributed by atoms with van der Waals surface area (Å²) >= 11 is 0. The molecule has 0 fully saturated rings. The van der Waals surface area contributed by atoms with Crippen LogP contribution in [0.2, 0.25) is 0 Å². The van der Waals surface area contributed by atoms with Crippen molar-refractivity contribution in [2.24, 2.45) is 11.7 Å². The fraction of sp³-hybridized carbons (Fsp3) is 0.500. The Kier molecular flexibility index (Phi) is 7.18. The van der Waals surface area contributed by atoms with Gasteiger partial charge in [-0.25, -0.2) is 4.79 Å². The van der Waals surface area contributed by atoms with Gasteiger partial charge >= 0.3 is 6.03 Å². The third-order valence-corrected chi connectivity index (χ3v) is 3.24. The number of nitrogens with one attached hydrogen (secondary N) is 2. The average Bonchev–Trinajstić information content (AvgIpc) is 2.50. The summed E-state index contributed by atoms with van der Waals surface area (Å²) in [5, 5.41) is 5.26. The zero-order valence-electron chi connectivity index (χ0n) is 14.0. The Morgan fingerprint density at radius 2 is 1.96 bits per heavy atom. The Hall–Kier alpha value is -2.44. The van der Waals surface area contributed by atoms with Crippen LogP contribution < -0.4 is 25.8 Å². The van der Waals surface area contributed by atoms with Crippen LogP contribution in [0.25, 0.3) is 0 Å². The number of carbonyl (C=O) groups is 2. The normalized spacial score (nSPS) is 11.7. The molecule has 0 saturated carbocycles.